The van der Waals surface area contributed by atoms with E-state index in [4.69, 9.17) is 16.7 Å². The number of piperazine rings is 1. The van der Waals surface area contributed by atoms with Crippen LogP contribution in [0.4, 0.5) is 0 Å². The molecule has 1 atom stereocenters. The van der Waals surface area contributed by atoms with Crippen LogP contribution in [0.25, 0.3) is 0 Å². The maximum absolute atomic E-state index is 12.9. The summed E-state index contributed by atoms with van der Waals surface area (Å²) < 4.78 is 0. The minimum Gasteiger partial charge on any atom is -0.395 e. The summed E-state index contributed by atoms with van der Waals surface area (Å²) in [7, 11) is 0. The number of benzene rings is 1. The van der Waals surface area contributed by atoms with Gasteiger partial charge in [0, 0.05) is 57.3 Å². The van der Waals surface area contributed by atoms with Crippen LogP contribution in [0.5, 0.6) is 0 Å². The first-order chi connectivity index (χ1) is 13.1. The summed E-state index contributed by atoms with van der Waals surface area (Å²) in [5.74, 6) is 0.209. The molecule has 2 heterocycles. The van der Waals surface area contributed by atoms with E-state index in [0.29, 0.717) is 50.6 Å². The molecule has 2 fully saturated rings. The van der Waals surface area contributed by atoms with E-state index < -0.39 is 0 Å². The van der Waals surface area contributed by atoms with Gasteiger partial charge in [0.2, 0.25) is 11.8 Å². The molecule has 0 spiro atoms. The Bertz CT molecular complexity index is 644. The molecule has 0 saturated carbocycles. The number of β-amino-alcohol motifs (C(OH)–C–C–N with tert-alkyl or cyclic N) is 1. The fraction of sp³-hybridized carbons (Fsp3) is 0.600. The van der Waals surface area contributed by atoms with Crippen LogP contribution in [-0.2, 0) is 16.0 Å². The number of carbonyl (C=O) groups is 2. The van der Waals surface area contributed by atoms with Gasteiger partial charge in [-0.3, -0.25) is 14.5 Å². The first-order valence-electron chi connectivity index (χ1n) is 9.71. The fourth-order valence-corrected chi connectivity index (χ4v) is 3.97. The van der Waals surface area contributed by atoms with Gasteiger partial charge in [0.05, 0.1) is 12.5 Å². The number of hydrogen-bond donors (Lipinski definition) is 1. The molecular weight excluding hydrogens is 366 g/mol. The van der Waals surface area contributed by atoms with Crippen molar-refractivity contribution in [3.8, 4) is 0 Å². The van der Waals surface area contributed by atoms with Gasteiger partial charge in [-0.05, 0) is 30.5 Å². The zero-order chi connectivity index (χ0) is 19.2. The Morgan fingerprint density at radius 1 is 1.11 bits per heavy atom. The number of carbonyl (C=O) groups excluding carboxylic acids is 2. The lowest BCUT2D eigenvalue weighted by Gasteiger charge is -2.38. The molecule has 0 unspecified atom stereocenters. The van der Waals surface area contributed by atoms with Gasteiger partial charge < -0.3 is 14.9 Å². The molecule has 27 heavy (non-hydrogen) atoms. The molecule has 2 aliphatic heterocycles. The zero-order valence-corrected chi connectivity index (χ0v) is 16.4. The first-order valence-corrected chi connectivity index (χ1v) is 10.1. The summed E-state index contributed by atoms with van der Waals surface area (Å²) in [5.41, 5.74) is 1.14. The fourth-order valence-electron chi connectivity index (χ4n) is 3.84. The number of halogens is 1. The third kappa shape index (κ3) is 5.43. The summed E-state index contributed by atoms with van der Waals surface area (Å²) in [6, 6.07) is 7.67. The average Bonchev–Trinajstić information content (AvgIpc) is 2.69. The van der Waals surface area contributed by atoms with Crippen LogP contribution in [0.1, 0.15) is 18.4 Å². The Balaban J connectivity index is 1.51. The van der Waals surface area contributed by atoms with E-state index in [1.54, 1.807) is 0 Å². The summed E-state index contributed by atoms with van der Waals surface area (Å²) in [4.78, 5) is 31.1. The lowest BCUT2D eigenvalue weighted by Crippen LogP contribution is -2.53. The van der Waals surface area contributed by atoms with Gasteiger partial charge in [-0.15, -0.1) is 0 Å². The topological polar surface area (TPSA) is 64.1 Å². The SMILES string of the molecule is O=C1CC[C@@H](C(=O)N2CCN(CCO)CC2)CN1CCc1ccc(Cl)cc1. The highest BCUT2D eigenvalue weighted by molar-refractivity contribution is 6.30. The first kappa shape index (κ1) is 20.1. The second kappa shape index (κ2) is 9.53. The quantitative estimate of drug-likeness (QED) is 0.790. The highest BCUT2D eigenvalue weighted by Gasteiger charge is 2.33. The van der Waals surface area contributed by atoms with E-state index >= 15 is 0 Å². The molecule has 1 aromatic carbocycles. The molecule has 2 amide bonds. The van der Waals surface area contributed by atoms with E-state index in [1.807, 2.05) is 34.1 Å². The number of amides is 2. The van der Waals surface area contributed by atoms with Crippen molar-refractivity contribution in [3.63, 3.8) is 0 Å². The smallest absolute Gasteiger partial charge is 0.227 e. The van der Waals surface area contributed by atoms with Gasteiger partial charge >= 0.3 is 0 Å². The summed E-state index contributed by atoms with van der Waals surface area (Å²) >= 11 is 5.92. The zero-order valence-electron chi connectivity index (χ0n) is 15.6. The van der Waals surface area contributed by atoms with E-state index in [1.165, 1.54) is 0 Å². The van der Waals surface area contributed by atoms with Crippen LogP contribution in [0.2, 0.25) is 5.02 Å². The molecule has 6 nitrogen and oxygen atoms in total. The van der Waals surface area contributed by atoms with Crippen LogP contribution >= 0.6 is 11.6 Å². The van der Waals surface area contributed by atoms with Crippen LogP contribution in [0, 0.1) is 5.92 Å². The Labute approximate surface area is 165 Å². The number of hydrogen-bond acceptors (Lipinski definition) is 4. The second-order valence-electron chi connectivity index (χ2n) is 7.34. The summed E-state index contributed by atoms with van der Waals surface area (Å²) in [6.07, 6.45) is 1.86. The van der Waals surface area contributed by atoms with Gasteiger partial charge in [0.25, 0.3) is 0 Å². The van der Waals surface area contributed by atoms with Crippen molar-refractivity contribution in [3.05, 3.63) is 34.9 Å². The van der Waals surface area contributed by atoms with Crippen LogP contribution in [0.15, 0.2) is 24.3 Å². The van der Waals surface area contributed by atoms with Crippen molar-refractivity contribution in [1.82, 2.24) is 14.7 Å². The van der Waals surface area contributed by atoms with Crippen molar-refractivity contribution < 1.29 is 14.7 Å². The standard InChI is InChI=1S/C20H28ClN3O3/c21-18-4-1-16(2-5-18)7-8-24-15-17(3-6-19(24)26)20(27)23-11-9-22(10-12-23)13-14-25/h1-2,4-5,17,25H,3,6-15H2/t17-/m1/s1. The van der Waals surface area contributed by atoms with Gasteiger partial charge in [-0.25, -0.2) is 0 Å². The molecule has 2 aliphatic rings. The molecule has 3 rings (SSSR count). The predicted octanol–water partition coefficient (Wildman–Crippen LogP) is 1.26. The highest BCUT2D eigenvalue weighted by atomic mass is 35.5. The van der Waals surface area contributed by atoms with Crippen LogP contribution in [0.3, 0.4) is 0 Å². The predicted molar refractivity (Wildman–Crippen MR) is 105 cm³/mol. The normalized spacial score (nSPS) is 21.6. The second-order valence-corrected chi connectivity index (χ2v) is 7.78. The lowest BCUT2D eigenvalue weighted by atomic mass is 9.95. The van der Waals surface area contributed by atoms with Crippen LogP contribution in [-0.4, -0.2) is 84.0 Å². The van der Waals surface area contributed by atoms with E-state index in [2.05, 4.69) is 4.90 Å². The Morgan fingerprint density at radius 3 is 2.48 bits per heavy atom. The highest BCUT2D eigenvalue weighted by Crippen LogP contribution is 2.21. The lowest BCUT2D eigenvalue weighted by molar-refractivity contribution is -0.144. The average molecular weight is 394 g/mol. The number of likely N-dealkylation sites (tertiary alicyclic amines) is 1. The third-order valence-electron chi connectivity index (χ3n) is 5.53. The van der Waals surface area contributed by atoms with E-state index in [-0.39, 0.29) is 24.3 Å². The van der Waals surface area contributed by atoms with Crippen molar-refractivity contribution >= 4 is 23.4 Å². The van der Waals surface area contributed by atoms with Crippen LogP contribution < -0.4 is 0 Å². The third-order valence-corrected chi connectivity index (χ3v) is 5.79. The van der Waals surface area contributed by atoms with Gasteiger partial charge in [-0.2, -0.15) is 0 Å². The molecule has 148 valence electrons. The monoisotopic (exact) mass is 393 g/mol. The molecule has 0 aliphatic carbocycles. The van der Waals surface area contributed by atoms with Gasteiger partial charge in [-0.1, -0.05) is 23.7 Å². The van der Waals surface area contributed by atoms with Gasteiger partial charge in [0.1, 0.15) is 0 Å². The number of piperidine rings is 1. The Morgan fingerprint density at radius 2 is 1.81 bits per heavy atom. The number of rotatable bonds is 6. The molecule has 1 aromatic rings. The summed E-state index contributed by atoms with van der Waals surface area (Å²) in [5, 5.41) is 9.74. The Hall–Kier alpha value is -1.63. The summed E-state index contributed by atoms with van der Waals surface area (Å²) in [6.45, 7) is 4.98. The van der Waals surface area contributed by atoms with E-state index in [9.17, 15) is 9.59 Å². The molecular formula is C20H28ClN3O3. The van der Waals surface area contributed by atoms with Crippen molar-refractivity contribution in [2.75, 3.05) is 52.4 Å². The molecule has 2 saturated heterocycles. The number of aliphatic hydroxyl groups is 1. The maximum atomic E-state index is 12.9. The molecule has 7 heteroatoms. The maximum Gasteiger partial charge on any atom is 0.227 e. The largest absolute Gasteiger partial charge is 0.395 e. The number of aliphatic hydroxyl groups excluding tert-OH is 1. The molecule has 1 N–H and O–H groups in total. The molecule has 0 bridgehead atoms. The van der Waals surface area contributed by atoms with Gasteiger partial charge in [0.15, 0.2) is 0 Å². The Kier molecular flexibility index (Phi) is 7.10. The molecule has 0 radical (unpaired) electrons. The minimum atomic E-state index is -0.0997. The van der Waals surface area contributed by atoms with E-state index in [0.717, 1.165) is 25.1 Å². The minimum absolute atomic E-state index is 0.0997. The van der Waals surface area contributed by atoms with Crippen molar-refractivity contribution in [2.24, 2.45) is 5.92 Å². The van der Waals surface area contributed by atoms with Crippen molar-refractivity contribution in [2.45, 2.75) is 19.3 Å². The van der Waals surface area contributed by atoms with Crippen molar-refractivity contribution in [1.29, 1.82) is 0 Å². The molecule has 0 aromatic heterocycles. The number of nitrogens with zero attached hydrogens (tertiary/aromatic N) is 3.